The van der Waals surface area contributed by atoms with Gasteiger partial charge in [0.1, 0.15) is 12.6 Å². The van der Waals surface area contributed by atoms with Gasteiger partial charge in [0.05, 0.1) is 11.9 Å². The molecule has 35 heavy (non-hydrogen) atoms. The van der Waals surface area contributed by atoms with Gasteiger partial charge in [0.25, 0.3) is 0 Å². The fourth-order valence-electron chi connectivity index (χ4n) is 3.66. The number of unbranched alkanes of at least 4 members (excludes halogenated alkanes) is 1. The first-order valence-electron chi connectivity index (χ1n) is 11.6. The first kappa shape index (κ1) is 28.2. The summed E-state index contributed by atoms with van der Waals surface area (Å²) in [5.74, 6) is -3.30. The smallest absolute Gasteiger partial charge is 0.244 e. The molecule has 0 heterocycles. The third kappa shape index (κ3) is 8.31. The maximum atomic E-state index is 13.8. The van der Waals surface area contributed by atoms with Crippen molar-refractivity contribution in [3.8, 4) is 0 Å². The number of sulfonamides is 1. The lowest BCUT2D eigenvalue weighted by atomic mass is 10.1. The number of halogens is 2. The molecule has 0 aliphatic carbocycles. The molecule has 0 aromatic heterocycles. The number of rotatable bonds is 13. The lowest BCUT2D eigenvalue weighted by Crippen LogP contribution is -2.53. The SMILES string of the molecule is CCCCNC(=O)C(CC)N(CCc1ccccc1)C(=O)CN(c1ccc(F)c(F)c1)S(C)(=O)=O. The van der Waals surface area contributed by atoms with Crippen LogP contribution in [-0.4, -0.2) is 57.1 Å². The zero-order valence-corrected chi connectivity index (χ0v) is 21.2. The summed E-state index contributed by atoms with van der Waals surface area (Å²) < 4.78 is 52.9. The van der Waals surface area contributed by atoms with Crippen LogP contribution in [0.4, 0.5) is 14.5 Å². The van der Waals surface area contributed by atoms with Gasteiger partial charge in [-0.1, -0.05) is 50.6 Å². The number of carbonyl (C=O) groups excluding carboxylic acids is 2. The summed E-state index contributed by atoms with van der Waals surface area (Å²) in [7, 11) is -4.02. The van der Waals surface area contributed by atoms with Crippen molar-refractivity contribution in [1.82, 2.24) is 10.2 Å². The zero-order chi connectivity index (χ0) is 26.0. The summed E-state index contributed by atoms with van der Waals surface area (Å²) >= 11 is 0. The third-order valence-electron chi connectivity index (χ3n) is 5.57. The molecule has 2 amide bonds. The van der Waals surface area contributed by atoms with E-state index < -0.39 is 40.2 Å². The number of nitrogens with one attached hydrogen (secondary N) is 1. The third-order valence-corrected chi connectivity index (χ3v) is 6.71. The first-order chi connectivity index (χ1) is 16.6. The van der Waals surface area contributed by atoms with Crippen LogP contribution in [0.2, 0.25) is 0 Å². The van der Waals surface area contributed by atoms with Gasteiger partial charge in [-0.2, -0.15) is 0 Å². The van der Waals surface area contributed by atoms with Gasteiger partial charge in [0, 0.05) is 19.2 Å². The molecule has 7 nitrogen and oxygen atoms in total. The zero-order valence-electron chi connectivity index (χ0n) is 20.3. The summed E-state index contributed by atoms with van der Waals surface area (Å²) in [6.45, 7) is 3.76. The van der Waals surface area contributed by atoms with Crippen molar-refractivity contribution < 1.29 is 26.8 Å². The highest BCUT2D eigenvalue weighted by atomic mass is 32.2. The molecule has 10 heteroatoms. The maximum Gasteiger partial charge on any atom is 0.244 e. The predicted octanol–water partition coefficient (Wildman–Crippen LogP) is 3.50. The summed E-state index contributed by atoms with van der Waals surface area (Å²) in [6, 6.07) is 11.2. The van der Waals surface area contributed by atoms with Crippen molar-refractivity contribution >= 4 is 27.5 Å². The van der Waals surface area contributed by atoms with Gasteiger partial charge in [-0.15, -0.1) is 0 Å². The van der Waals surface area contributed by atoms with Gasteiger partial charge in [-0.05, 0) is 37.0 Å². The number of hydrogen-bond donors (Lipinski definition) is 1. The number of anilines is 1. The van der Waals surface area contributed by atoms with Crippen LogP contribution >= 0.6 is 0 Å². The van der Waals surface area contributed by atoms with E-state index in [0.29, 0.717) is 19.4 Å². The van der Waals surface area contributed by atoms with E-state index in [4.69, 9.17) is 0 Å². The summed E-state index contributed by atoms with van der Waals surface area (Å²) in [4.78, 5) is 27.7. The molecule has 1 N–H and O–H groups in total. The van der Waals surface area contributed by atoms with Crippen LogP contribution in [0, 0.1) is 11.6 Å². The second-order valence-electron chi connectivity index (χ2n) is 8.26. The van der Waals surface area contributed by atoms with Crippen LogP contribution in [0.5, 0.6) is 0 Å². The Morgan fingerprint density at radius 3 is 2.29 bits per heavy atom. The molecule has 1 unspecified atom stereocenters. The predicted molar refractivity (Wildman–Crippen MR) is 132 cm³/mol. The molecule has 2 rings (SSSR count). The van der Waals surface area contributed by atoms with Gasteiger partial charge in [-0.25, -0.2) is 17.2 Å². The van der Waals surface area contributed by atoms with E-state index in [9.17, 15) is 26.8 Å². The molecule has 2 aromatic rings. The number of benzene rings is 2. The van der Waals surface area contributed by atoms with Crippen LogP contribution in [0.25, 0.3) is 0 Å². The Labute approximate surface area is 206 Å². The van der Waals surface area contributed by atoms with Crippen molar-refractivity contribution in [3.05, 3.63) is 65.7 Å². The van der Waals surface area contributed by atoms with Gasteiger partial charge >= 0.3 is 0 Å². The van der Waals surface area contributed by atoms with E-state index in [0.717, 1.165) is 47.2 Å². The molecule has 1 atom stereocenters. The normalized spacial score (nSPS) is 12.1. The molecule has 0 fully saturated rings. The van der Waals surface area contributed by atoms with Crippen LogP contribution in [-0.2, 0) is 26.0 Å². The minimum Gasteiger partial charge on any atom is -0.354 e. The first-order valence-corrected chi connectivity index (χ1v) is 13.5. The maximum absolute atomic E-state index is 13.8. The highest BCUT2D eigenvalue weighted by Crippen LogP contribution is 2.21. The lowest BCUT2D eigenvalue weighted by Gasteiger charge is -2.32. The van der Waals surface area contributed by atoms with Crippen molar-refractivity contribution in [2.75, 3.05) is 30.2 Å². The Morgan fingerprint density at radius 1 is 1.03 bits per heavy atom. The highest BCUT2D eigenvalue weighted by molar-refractivity contribution is 7.92. The minimum absolute atomic E-state index is 0.178. The molecule has 0 radical (unpaired) electrons. The number of hydrogen-bond acceptors (Lipinski definition) is 4. The lowest BCUT2D eigenvalue weighted by molar-refractivity contribution is -0.139. The van der Waals surface area contributed by atoms with Crippen molar-refractivity contribution in [2.24, 2.45) is 0 Å². The quantitative estimate of drug-likeness (QED) is 0.419. The Balaban J connectivity index is 2.34. The fraction of sp³-hybridized carbons (Fsp3) is 0.440. The molecule has 0 bridgehead atoms. The number of nitrogens with zero attached hydrogens (tertiary/aromatic N) is 2. The molecule has 0 saturated heterocycles. The minimum atomic E-state index is -4.02. The van der Waals surface area contributed by atoms with Gasteiger partial charge < -0.3 is 10.2 Å². The molecule has 0 spiro atoms. The molecule has 0 aliphatic heterocycles. The van der Waals surface area contributed by atoms with Crippen molar-refractivity contribution in [2.45, 2.75) is 45.6 Å². The second kappa shape index (κ2) is 13.2. The molecule has 0 saturated carbocycles. The summed E-state index contributed by atoms with van der Waals surface area (Å²) in [5.41, 5.74) is 0.773. The van der Waals surface area contributed by atoms with E-state index >= 15 is 0 Å². The Kier molecular flexibility index (Phi) is 10.6. The summed E-state index contributed by atoms with van der Waals surface area (Å²) in [5, 5.41) is 2.84. The summed E-state index contributed by atoms with van der Waals surface area (Å²) in [6.07, 6.45) is 3.34. The topological polar surface area (TPSA) is 86.8 Å². The number of amides is 2. The van der Waals surface area contributed by atoms with Crippen LogP contribution in [0.1, 0.15) is 38.7 Å². The fourth-order valence-corrected chi connectivity index (χ4v) is 4.50. The Morgan fingerprint density at radius 2 is 1.71 bits per heavy atom. The molecule has 0 aliphatic rings. The monoisotopic (exact) mass is 509 g/mol. The molecular formula is C25H33F2N3O4S. The molecule has 192 valence electrons. The van der Waals surface area contributed by atoms with E-state index in [1.165, 1.54) is 4.90 Å². The number of carbonyl (C=O) groups is 2. The van der Waals surface area contributed by atoms with E-state index in [-0.39, 0.29) is 18.1 Å². The highest BCUT2D eigenvalue weighted by Gasteiger charge is 2.31. The average molecular weight is 510 g/mol. The Bertz CT molecular complexity index is 1100. The van der Waals surface area contributed by atoms with Crippen LogP contribution < -0.4 is 9.62 Å². The van der Waals surface area contributed by atoms with Crippen LogP contribution in [0.3, 0.4) is 0 Å². The standard InChI is InChI=1S/C25H33F2N3O4S/c1-4-6-15-28-25(32)23(5-2)29(16-14-19-10-8-7-9-11-19)24(31)18-30(35(3,33)34)20-12-13-21(26)22(27)17-20/h7-13,17,23H,4-6,14-16,18H2,1-3H3,(H,28,32). The van der Waals surface area contributed by atoms with E-state index in [2.05, 4.69) is 5.32 Å². The second-order valence-corrected chi connectivity index (χ2v) is 10.2. The van der Waals surface area contributed by atoms with E-state index in [1.807, 2.05) is 37.3 Å². The largest absolute Gasteiger partial charge is 0.354 e. The Hall–Kier alpha value is -3.01. The van der Waals surface area contributed by atoms with Gasteiger partial charge in [0.2, 0.25) is 21.8 Å². The van der Waals surface area contributed by atoms with Crippen molar-refractivity contribution in [3.63, 3.8) is 0 Å². The van der Waals surface area contributed by atoms with Crippen molar-refractivity contribution in [1.29, 1.82) is 0 Å². The average Bonchev–Trinajstić information content (AvgIpc) is 2.82. The van der Waals surface area contributed by atoms with E-state index in [1.54, 1.807) is 6.92 Å². The molecular weight excluding hydrogens is 476 g/mol. The van der Waals surface area contributed by atoms with Gasteiger partial charge in [0.15, 0.2) is 11.6 Å². The molecule has 2 aromatic carbocycles. The van der Waals surface area contributed by atoms with Gasteiger partial charge in [-0.3, -0.25) is 13.9 Å². The van der Waals surface area contributed by atoms with Crippen LogP contribution in [0.15, 0.2) is 48.5 Å².